The first-order valence-corrected chi connectivity index (χ1v) is 6.12. The lowest BCUT2D eigenvalue weighted by Gasteiger charge is -2.16. The number of carbonyl (C=O) groups excluding carboxylic acids is 1. The summed E-state index contributed by atoms with van der Waals surface area (Å²) in [6, 6.07) is -0.208. The zero-order chi connectivity index (χ0) is 11.4. The second kappa shape index (κ2) is 5.22. The van der Waals surface area contributed by atoms with Gasteiger partial charge in [0.25, 0.3) is 0 Å². The number of hydrogen-bond acceptors (Lipinski definition) is 5. The molecule has 7 heteroatoms. The lowest BCUT2D eigenvalue weighted by Crippen LogP contribution is -2.39. The van der Waals surface area contributed by atoms with E-state index in [0.29, 0.717) is 17.5 Å². The summed E-state index contributed by atoms with van der Waals surface area (Å²) >= 11 is 1.27. The smallest absolute Gasteiger partial charge is 0.321 e. The van der Waals surface area contributed by atoms with E-state index in [-0.39, 0.29) is 18.7 Å². The normalized spacial score (nSPS) is 16.8. The molecule has 0 aliphatic heterocycles. The third kappa shape index (κ3) is 3.14. The van der Waals surface area contributed by atoms with Crippen molar-refractivity contribution in [2.24, 2.45) is 5.92 Å². The van der Waals surface area contributed by atoms with Crippen molar-refractivity contribution in [2.45, 2.75) is 25.3 Å². The third-order valence-electron chi connectivity index (χ3n) is 2.53. The highest BCUT2D eigenvalue weighted by Gasteiger charge is 2.31. The second-order valence-corrected chi connectivity index (χ2v) is 4.63. The van der Waals surface area contributed by atoms with Crippen LogP contribution >= 0.6 is 11.3 Å². The van der Waals surface area contributed by atoms with Gasteiger partial charge in [-0.3, -0.25) is 5.32 Å². The van der Waals surface area contributed by atoms with Crippen molar-refractivity contribution in [3.05, 3.63) is 5.51 Å². The number of aromatic nitrogens is 2. The lowest BCUT2D eigenvalue weighted by molar-refractivity contribution is 0.234. The summed E-state index contributed by atoms with van der Waals surface area (Å²) in [6.07, 6.45) is 2.86. The number of amides is 2. The molecule has 0 aromatic carbocycles. The van der Waals surface area contributed by atoms with Crippen molar-refractivity contribution in [1.29, 1.82) is 0 Å². The Kier molecular flexibility index (Phi) is 3.68. The topological polar surface area (TPSA) is 87.1 Å². The molecule has 1 aromatic heterocycles. The van der Waals surface area contributed by atoms with E-state index in [4.69, 9.17) is 5.11 Å². The van der Waals surface area contributed by atoms with Gasteiger partial charge >= 0.3 is 6.03 Å². The van der Waals surface area contributed by atoms with E-state index in [0.717, 1.165) is 12.8 Å². The van der Waals surface area contributed by atoms with Crippen molar-refractivity contribution in [3.8, 4) is 0 Å². The molecule has 1 aliphatic rings. The van der Waals surface area contributed by atoms with Crippen molar-refractivity contribution < 1.29 is 9.90 Å². The summed E-state index contributed by atoms with van der Waals surface area (Å²) in [5.74, 6) is 0.521. The molecule has 0 spiro atoms. The molecule has 88 valence electrons. The summed E-state index contributed by atoms with van der Waals surface area (Å²) in [7, 11) is 0. The largest absolute Gasteiger partial charge is 0.396 e. The van der Waals surface area contributed by atoms with E-state index >= 15 is 0 Å². The number of hydrogen-bond donors (Lipinski definition) is 3. The minimum atomic E-state index is -0.276. The van der Waals surface area contributed by atoms with E-state index in [1.807, 2.05) is 0 Å². The second-order valence-electron chi connectivity index (χ2n) is 3.80. The molecular formula is C9H14N4O2S. The molecule has 0 radical (unpaired) electrons. The molecule has 16 heavy (non-hydrogen) atoms. The molecule has 2 rings (SSSR count). The summed E-state index contributed by atoms with van der Waals surface area (Å²) in [4.78, 5) is 11.6. The van der Waals surface area contributed by atoms with Gasteiger partial charge in [0, 0.05) is 12.6 Å². The molecule has 3 N–H and O–H groups in total. The van der Waals surface area contributed by atoms with Crippen molar-refractivity contribution in [1.82, 2.24) is 15.5 Å². The Balaban J connectivity index is 1.80. The highest BCUT2D eigenvalue weighted by Crippen LogP contribution is 2.33. The number of aliphatic hydroxyl groups is 1. The fourth-order valence-corrected chi connectivity index (χ4v) is 2.03. The highest BCUT2D eigenvalue weighted by atomic mass is 32.1. The molecule has 0 bridgehead atoms. The summed E-state index contributed by atoms with van der Waals surface area (Å²) in [6.45, 7) is 0.0975. The Morgan fingerprint density at radius 1 is 1.69 bits per heavy atom. The van der Waals surface area contributed by atoms with Gasteiger partial charge in [0.1, 0.15) is 5.51 Å². The van der Waals surface area contributed by atoms with Gasteiger partial charge in [-0.2, -0.15) is 0 Å². The average Bonchev–Trinajstić information content (AvgIpc) is 2.98. The fourth-order valence-electron chi connectivity index (χ4n) is 1.59. The average molecular weight is 242 g/mol. The van der Waals surface area contributed by atoms with E-state index < -0.39 is 0 Å². The maximum Gasteiger partial charge on any atom is 0.321 e. The Morgan fingerprint density at radius 3 is 3.06 bits per heavy atom. The van der Waals surface area contributed by atoms with Crippen molar-refractivity contribution >= 4 is 22.5 Å². The van der Waals surface area contributed by atoms with Crippen LogP contribution in [-0.4, -0.2) is 34.0 Å². The van der Waals surface area contributed by atoms with Crippen LogP contribution in [0.15, 0.2) is 5.51 Å². The molecule has 1 saturated carbocycles. The van der Waals surface area contributed by atoms with Gasteiger partial charge in [-0.05, 0) is 25.2 Å². The molecule has 1 atom stereocenters. The molecule has 0 saturated heterocycles. The van der Waals surface area contributed by atoms with Crippen LogP contribution in [0, 0.1) is 5.92 Å². The number of anilines is 1. The first-order chi connectivity index (χ1) is 7.79. The van der Waals surface area contributed by atoms with E-state index in [2.05, 4.69) is 20.8 Å². The predicted octanol–water partition coefficient (Wildman–Crippen LogP) is 0.821. The van der Waals surface area contributed by atoms with Crippen LogP contribution in [-0.2, 0) is 0 Å². The summed E-state index contributed by atoms with van der Waals surface area (Å²) in [5, 5.41) is 22.2. The SMILES string of the molecule is O=C(Nc1nncs1)NC(CCO)C1CC1. The Labute approximate surface area is 97.1 Å². The highest BCUT2D eigenvalue weighted by molar-refractivity contribution is 7.13. The number of rotatable bonds is 5. The minimum Gasteiger partial charge on any atom is -0.396 e. The van der Waals surface area contributed by atoms with Crippen LogP contribution in [0.3, 0.4) is 0 Å². The zero-order valence-electron chi connectivity index (χ0n) is 8.72. The van der Waals surface area contributed by atoms with E-state index in [1.54, 1.807) is 5.51 Å². The first-order valence-electron chi connectivity index (χ1n) is 5.24. The number of carbonyl (C=O) groups is 1. The minimum absolute atomic E-state index is 0.0675. The van der Waals surface area contributed by atoms with Gasteiger partial charge < -0.3 is 10.4 Å². The van der Waals surface area contributed by atoms with Gasteiger partial charge in [-0.15, -0.1) is 10.2 Å². The number of aliphatic hydroxyl groups excluding tert-OH is 1. The van der Waals surface area contributed by atoms with Crippen LogP contribution < -0.4 is 10.6 Å². The predicted molar refractivity (Wildman–Crippen MR) is 60.3 cm³/mol. The van der Waals surface area contributed by atoms with Crippen molar-refractivity contribution in [3.63, 3.8) is 0 Å². The molecule has 1 fully saturated rings. The number of nitrogens with zero attached hydrogens (tertiary/aromatic N) is 2. The summed E-state index contributed by atoms with van der Waals surface area (Å²) in [5.41, 5.74) is 1.56. The van der Waals surface area contributed by atoms with Gasteiger partial charge in [-0.1, -0.05) is 11.3 Å². The Bertz CT molecular complexity index is 339. The Hall–Kier alpha value is -1.21. The quantitative estimate of drug-likeness (QED) is 0.713. The molecular weight excluding hydrogens is 228 g/mol. The van der Waals surface area contributed by atoms with Crippen LogP contribution in [0.4, 0.5) is 9.93 Å². The molecule has 6 nitrogen and oxygen atoms in total. The maximum absolute atomic E-state index is 11.6. The lowest BCUT2D eigenvalue weighted by atomic mass is 10.1. The van der Waals surface area contributed by atoms with E-state index in [9.17, 15) is 4.79 Å². The van der Waals surface area contributed by atoms with Crippen molar-refractivity contribution in [2.75, 3.05) is 11.9 Å². The molecule has 2 amide bonds. The number of nitrogens with one attached hydrogen (secondary N) is 2. The Morgan fingerprint density at radius 2 is 2.50 bits per heavy atom. The molecule has 1 aromatic rings. The third-order valence-corrected chi connectivity index (χ3v) is 3.13. The first kappa shape index (κ1) is 11.3. The van der Waals surface area contributed by atoms with Gasteiger partial charge in [0.15, 0.2) is 0 Å². The van der Waals surface area contributed by atoms with Gasteiger partial charge in [-0.25, -0.2) is 4.79 Å². The standard InChI is InChI=1S/C9H14N4O2S/c14-4-3-7(6-1-2-6)11-8(15)12-9-13-10-5-16-9/h5-7,14H,1-4H2,(H2,11,12,13,15). The van der Waals surface area contributed by atoms with Gasteiger partial charge in [0.05, 0.1) is 0 Å². The molecule has 1 aliphatic carbocycles. The van der Waals surface area contributed by atoms with Crippen LogP contribution in [0.1, 0.15) is 19.3 Å². The molecule has 1 unspecified atom stereocenters. The number of urea groups is 1. The summed E-state index contributed by atoms with van der Waals surface area (Å²) < 4.78 is 0. The van der Waals surface area contributed by atoms with E-state index in [1.165, 1.54) is 11.3 Å². The van der Waals surface area contributed by atoms with Crippen LogP contribution in [0.25, 0.3) is 0 Å². The van der Waals surface area contributed by atoms with Crippen LogP contribution in [0.5, 0.6) is 0 Å². The maximum atomic E-state index is 11.6. The monoisotopic (exact) mass is 242 g/mol. The molecule has 1 heterocycles. The van der Waals surface area contributed by atoms with Crippen LogP contribution in [0.2, 0.25) is 0 Å². The zero-order valence-corrected chi connectivity index (χ0v) is 9.54. The fraction of sp³-hybridized carbons (Fsp3) is 0.667. The van der Waals surface area contributed by atoms with Gasteiger partial charge in [0.2, 0.25) is 5.13 Å².